The van der Waals surface area contributed by atoms with E-state index < -0.39 is 0 Å². The minimum atomic E-state index is 0.125. The lowest BCUT2D eigenvalue weighted by atomic mass is 9.74. The summed E-state index contributed by atoms with van der Waals surface area (Å²) in [6.45, 7) is 4.16. The Balaban J connectivity index is 1.59. The summed E-state index contributed by atoms with van der Waals surface area (Å²) in [5.74, 6) is 3.38. The molecule has 0 saturated heterocycles. The van der Waals surface area contributed by atoms with Gasteiger partial charge in [0.1, 0.15) is 0 Å². The van der Waals surface area contributed by atoms with Crippen LogP contribution < -0.4 is 5.73 Å². The smallest absolute Gasteiger partial charge is 0.192 e. The van der Waals surface area contributed by atoms with E-state index in [0.29, 0.717) is 0 Å². The van der Waals surface area contributed by atoms with Crippen LogP contribution in [-0.2, 0) is 6.54 Å². The molecule has 4 rings (SSSR count). The van der Waals surface area contributed by atoms with Crippen molar-refractivity contribution in [1.29, 1.82) is 0 Å². The molecule has 21 heavy (non-hydrogen) atoms. The highest BCUT2D eigenvalue weighted by molar-refractivity contribution is 5.81. The first kappa shape index (κ1) is 13.2. The summed E-state index contributed by atoms with van der Waals surface area (Å²) in [6, 6.07) is 10.7. The quantitative estimate of drug-likeness (QED) is 0.926. The molecule has 1 aliphatic heterocycles. The summed E-state index contributed by atoms with van der Waals surface area (Å²) in [5, 5.41) is 0. The zero-order valence-corrected chi connectivity index (χ0v) is 12.8. The van der Waals surface area contributed by atoms with E-state index in [2.05, 4.69) is 47.1 Å². The van der Waals surface area contributed by atoms with E-state index in [4.69, 9.17) is 5.73 Å². The van der Waals surface area contributed by atoms with Crippen LogP contribution in [0.2, 0.25) is 0 Å². The molecule has 1 heterocycles. The predicted molar refractivity (Wildman–Crippen MR) is 85.8 cm³/mol. The van der Waals surface area contributed by atoms with Crippen LogP contribution >= 0.6 is 0 Å². The maximum absolute atomic E-state index is 6.24. The second kappa shape index (κ2) is 4.75. The van der Waals surface area contributed by atoms with Crippen molar-refractivity contribution in [3.63, 3.8) is 0 Å². The van der Waals surface area contributed by atoms with Gasteiger partial charge >= 0.3 is 0 Å². The molecule has 2 saturated carbocycles. The first-order valence-corrected chi connectivity index (χ1v) is 8.28. The Bertz CT molecular complexity index is 553. The third-order valence-electron chi connectivity index (χ3n) is 6.17. The van der Waals surface area contributed by atoms with E-state index in [1.807, 2.05) is 0 Å². The molecule has 4 atom stereocenters. The molecule has 1 aromatic rings. The normalized spacial score (nSPS) is 38.0. The number of nitrogens with zero attached hydrogens (tertiary/aromatic N) is 2. The van der Waals surface area contributed by atoms with Gasteiger partial charge in [-0.05, 0) is 49.5 Å². The minimum Gasteiger partial charge on any atom is -0.370 e. The minimum absolute atomic E-state index is 0.125. The van der Waals surface area contributed by atoms with Gasteiger partial charge in [-0.3, -0.25) is 4.99 Å². The van der Waals surface area contributed by atoms with E-state index in [9.17, 15) is 0 Å². The third-order valence-corrected chi connectivity index (χ3v) is 6.17. The number of aliphatic imine (C=N–C) groups is 1. The molecule has 0 spiro atoms. The molecule has 0 aromatic heterocycles. The van der Waals surface area contributed by atoms with Gasteiger partial charge in [0, 0.05) is 6.54 Å². The summed E-state index contributed by atoms with van der Waals surface area (Å²) >= 11 is 0. The Morgan fingerprint density at radius 1 is 1.24 bits per heavy atom. The van der Waals surface area contributed by atoms with Crippen LogP contribution in [0.3, 0.4) is 0 Å². The second-order valence-corrected chi connectivity index (χ2v) is 7.38. The first-order valence-electron chi connectivity index (χ1n) is 8.28. The highest BCUT2D eigenvalue weighted by atomic mass is 15.4. The largest absolute Gasteiger partial charge is 0.370 e. The van der Waals surface area contributed by atoms with E-state index in [1.54, 1.807) is 0 Å². The van der Waals surface area contributed by atoms with Gasteiger partial charge in [-0.25, -0.2) is 0 Å². The average Bonchev–Trinajstić information content (AvgIpc) is 3.20. The fraction of sp³-hybridized carbons (Fsp3) is 0.611. The van der Waals surface area contributed by atoms with Crippen molar-refractivity contribution in [3.05, 3.63) is 35.9 Å². The summed E-state index contributed by atoms with van der Waals surface area (Å²) in [7, 11) is 0. The predicted octanol–water partition coefficient (Wildman–Crippen LogP) is 3.01. The van der Waals surface area contributed by atoms with Crippen molar-refractivity contribution in [3.8, 4) is 0 Å². The molecule has 3 aliphatic rings. The van der Waals surface area contributed by atoms with E-state index in [0.717, 1.165) is 36.8 Å². The number of benzene rings is 1. The third kappa shape index (κ3) is 2.05. The zero-order chi connectivity index (χ0) is 14.4. The van der Waals surface area contributed by atoms with Crippen molar-refractivity contribution in [2.45, 2.75) is 44.7 Å². The standard InChI is InChI=1S/C18H25N3/c1-18(16-10-14-7-8-15(16)9-14)12-20-17(19)21(18)11-13-5-3-2-4-6-13/h2-6,14-16H,7-12H2,1H3,(H2,19,20). The lowest BCUT2D eigenvalue weighted by Gasteiger charge is -2.44. The zero-order valence-electron chi connectivity index (χ0n) is 12.8. The molecule has 1 aromatic carbocycles. The Hall–Kier alpha value is -1.51. The average molecular weight is 283 g/mol. The van der Waals surface area contributed by atoms with Crippen LogP contribution in [0.15, 0.2) is 35.3 Å². The highest BCUT2D eigenvalue weighted by Crippen LogP contribution is 2.54. The van der Waals surface area contributed by atoms with E-state index >= 15 is 0 Å². The Morgan fingerprint density at radius 3 is 2.71 bits per heavy atom. The molecule has 0 amide bonds. The van der Waals surface area contributed by atoms with Gasteiger partial charge in [-0.15, -0.1) is 0 Å². The van der Waals surface area contributed by atoms with Crippen molar-refractivity contribution in [1.82, 2.24) is 4.90 Å². The number of hydrogen-bond acceptors (Lipinski definition) is 3. The Morgan fingerprint density at radius 2 is 2.05 bits per heavy atom. The number of rotatable bonds is 3. The summed E-state index contributed by atoms with van der Waals surface area (Å²) in [4.78, 5) is 7.00. The number of nitrogens with two attached hydrogens (primary N) is 1. The van der Waals surface area contributed by atoms with Gasteiger partial charge < -0.3 is 10.6 Å². The summed E-state index contributed by atoms with van der Waals surface area (Å²) in [5.41, 5.74) is 7.69. The van der Waals surface area contributed by atoms with Gasteiger partial charge in [0.2, 0.25) is 0 Å². The molecular formula is C18H25N3. The molecule has 0 radical (unpaired) electrons. The summed E-state index contributed by atoms with van der Waals surface area (Å²) in [6.07, 6.45) is 5.70. The van der Waals surface area contributed by atoms with E-state index in [1.165, 1.54) is 31.2 Å². The van der Waals surface area contributed by atoms with Gasteiger partial charge in [0.05, 0.1) is 12.1 Å². The van der Waals surface area contributed by atoms with Crippen LogP contribution in [0.5, 0.6) is 0 Å². The molecule has 2 N–H and O–H groups in total. The molecule has 2 bridgehead atoms. The fourth-order valence-electron chi connectivity index (χ4n) is 5.02. The van der Waals surface area contributed by atoms with Crippen LogP contribution in [-0.4, -0.2) is 22.9 Å². The SMILES string of the molecule is CC1(C2CC3CCC2C3)CN=C(N)N1Cc1ccccc1. The maximum atomic E-state index is 6.24. The lowest BCUT2D eigenvalue weighted by molar-refractivity contribution is 0.0904. The first-order chi connectivity index (χ1) is 10.2. The van der Waals surface area contributed by atoms with Gasteiger partial charge in [-0.1, -0.05) is 36.8 Å². The van der Waals surface area contributed by atoms with Gasteiger partial charge in [0.15, 0.2) is 5.96 Å². The van der Waals surface area contributed by atoms with Crippen molar-refractivity contribution < 1.29 is 0 Å². The molecule has 2 fully saturated rings. The fourth-order valence-corrected chi connectivity index (χ4v) is 5.02. The molecule has 4 unspecified atom stereocenters. The molecule has 3 heteroatoms. The monoisotopic (exact) mass is 283 g/mol. The van der Waals surface area contributed by atoms with Crippen molar-refractivity contribution in [2.75, 3.05) is 6.54 Å². The van der Waals surface area contributed by atoms with Crippen molar-refractivity contribution in [2.24, 2.45) is 28.5 Å². The van der Waals surface area contributed by atoms with Gasteiger partial charge in [-0.2, -0.15) is 0 Å². The van der Waals surface area contributed by atoms with Gasteiger partial charge in [0.25, 0.3) is 0 Å². The lowest BCUT2D eigenvalue weighted by Crippen LogP contribution is -2.54. The second-order valence-electron chi connectivity index (χ2n) is 7.38. The highest BCUT2D eigenvalue weighted by Gasteiger charge is 2.52. The van der Waals surface area contributed by atoms with Crippen molar-refractivity contribution >= 4 is 5.96 Å². The maximum Gasteiger partial charge on any atom is 0.192 e. The molecule has 3 nitrogen and oxygen atoms in total. The van der Waals surface area contributed by atoms with Crippen LogP contribution in [0, 0.1) is 17.8 Å². The summed E-state index contributed by atoms with van der Waals surface area (Å²) < 4.78 is 0. The van der Waals surface area contributed by atoms with Crippen LogP contribution in [0.1, 0.15) is 38.2 Å². The van der Waals surface area contributed by atoms with E-state index in [-0.39, 0.29) is 5.54 Å². The molecule has 2 aliphatic carbocycles. The molecule has 112 valence electrons. The molecular weight excluding hydrogens is 258 g/mol. The Kier molecular flexibility index (Phi) is 2.98. The Labute approximate surface area is 127 Å². The number of fused-ring (bicyclic) bond motifs is 2. The number of hydrogen-bond donors (Lipinski definition) is 1. The van der Waals surface area contributed by atoms with Crippen LogP contribution in [0.4, 0.5) is 0 Å². The topological polar surface area (TPSA) is 41.6 Å². The van der Waals surface area contributed by atoms with Crippen LogP contribution in [0.25, 0.3) is 0 Å². The number of guanidine groups is 1.